The molecule has 0 saturated carbocycles. The maximum Gasteiger partial charge on any atom is 0.245 e. The summed E-state index contributed by atoms with van der Waals surface area (Å²) in [5.74, 6) is 0. The van der Waals surface area contributed by atoms with Crippen molar-refractivity contribution in [1.82, 2.24) is 9.29 Å². The highest BCUT2D eigenvalue weighted by Crippen LogP contribution is 2.30. The van der Waals surface area contributed by atoms with E-state index >= 15 is 0 Å². The van der Waals surface area contributed by atoms with Gasteiger partial charge in [-0.2, -0.15) is 4.31 Å². The standard InChI is InChI=1S/C17H22N2O3S/c1-12-10-14-6-5-8-16(17(14)18-11-12)23(21,22)19-9-4-3-7-15(19)13(2)20/h5-6,8,10-11,13,15,20H,3-4,7,9H2,1-2H3. The molecule has 5 nitrogen and oxygen atoms in total. The first-order valence-corrected chi connectivity index (χ1v) is 9.40. The lowest BCUT2D eigenvalue weighted by Gasteiger charge is -2.36. The molecule has 1 aliphatic heterocycles. The molecule has 1 aliphatic rings. The van der Waals surface area contributed by atoms with Gasteiger partial charge >= 0.3 is 0 Å². The van der Waals surface area contributed by atoms with Gasteiger partial charge in [-0.25, -0.2) is 8.42 Å². The van der Waals surface area contributed by atoms with Crippen molar-refractivity contribution in [3.63, 3.8) is 0 Å². The van der Waals surface area contributed by atoms with Crippen molar-refractivity contribution in [2.24, 2.45) is 0 Å². The largest absolute Gasteiger partial charge is 0.392 e. The molecule has 0 radical (unpaired) electrons. The van der Waals surface area contributed by atoms with Crippen molar-refractivity contribution in [3.8, 4) is 0 Å². The number of hydrogen-bond acceptors (Lipinski definition) is 4. The quantitative estimate of drug-likeness (QED) is 0.936. The molecule has 2 atom stereocenters. The number of rotatable bonds is 3. The van der Waals surface area contributed by atoms with E-state index < -0.39 is 16.1 Å². The summed E-state index contributed by atoms with van der Waals surface area (Å²) in [6.45, 7) is 4.03. The van der Waals surface area contributed by atoms with Crippen molar-refractivity contribution < 1.29 is 13.5 Å². The molecular formula is C17H22N2O3S. The SMILES string of the molecule is Cc1cnc2c(S(=O)(=O)N3CCCCC3C(C)O)cccc2c1. The van der Waals surface area contributed by atoms with Crippen LogP contribution < -0.4 is 0 Å². The first-order valence-electron chi connectivity index (χ1n) is 7.96. The maximum atomic E-state index is 13.2. The summed E-state index contributed by atoms with van der Waals surface area (Å²) >= 11 is 0. The fourth-order valence-electron chi connectivity index (χ4n) is 3.29. The number of piperidine rings is 1. The van der Waals surface area contributed by atoms with E-state index in [2.05, 4.69) is 4.98 Å². The van der Waals surface area contributed by atoms with Crippen molar-refractivity contribution in [1.29, 1.82) is 0 Å². The van der Waals surface area contributed by atoms with E-state index in [1.807, 2.05) is 19.1 Å². The van der Waals surface area contributed by atoms with E-state index in [-0.39, 0.29) is 10.9 Å². The average Bonchev–Trinajstić information content (AvgIpc) is 2.53. The second-order valence-electron chi connectivity index (χ2n) is 6.26. The van der Waals surface area contributed by atoms with Crippen LogP contribution in [-0.4, -0.2) is 41.5 Å². The molecule has 3 rings (SSSR count). The number of benzene rings is 1. The second-order valence-corrected chi connectivity index (χ2v) is 8.12. The van der Waals surface area contributed by atoms with E-state index in [9.17, 15) is 13.5 Å². The zero-order valence-electron chi connectivity index (χ0n) is 13.4. The third-order valence-corrected chi connectivity index (χ3v) is 6.41. The maximum absolute atomic E-state index is 13.2. The number of aliphatic hydroxyl groups is 1. The van der Waals surface area contributed by atoms with Gasteiger partial charge in [0.25, 0.3) is 0 Å². The molecular weight excluding hydrogens is 312 g/mol. The monoisotopic (exact) mass is 334 g/mol. The van der Waals surface area contributed by atoms with E-state index in [1.54, 1.807) is 25.3 Å². The molecule has 1 fully saturated rings. The number of para-hydroxylation sites is 1. The van der Waals surface area contributed by atoms with Gasteiger partial charge in [-0.3, -0.25) is 4.98 Å². The zero-order valence-corrected chi connectivity index (χ0v) is 14.3. The fraction of sp³-hybridized carbons (Fsp3) is 0.471. The van der Waals surface area contributed by atoms with Crippen LogP contribution in [0.2, 0.25) is 0 Å². The molecule has 0 bridgehead atoms. The van der Waals surface area contributed by atoms with Crippen molar-refractivity contribution in [2.45, 2.75) is 50.2 Å². The van der Waals surface area contributed by atoms with E-state index in [4.69, 9.17) is 0 Å². The minimum atomic E-state index is -3.68. The van der Waals surface area contributed by atoms with Crippen LogP contribution in [0.5, 0.6) is 0 Å². The summed E-state index contributed by atoms with van der Waals surface area (Å²) in [5.41, 5.74) is 1.49. The van der Waals surface area contributed by atoms with Gasteiger partial charge in [-0.05, 0) is 44.4 Å². The predicted molar refractivity (Wildman–Crippen MR) is 89.7 cm³/mol. The molecule has 124 valence electrons. The Morgan fingerprint density at radius 2 is 2.13 bits per heavy atom. The normalized spacial score (nSPS) is 21.4. The number of aryl methyl sites for hydroxylation is 1. The fourth-order valence-corrected chi connectivity index (χ4v) is 5.21. The Hall–Kier alpha value is -1.50. The van der Waals surface area contributed by atoms with Gasteiger partial charge in [-0.15, -0.1) is 0 Å². The minimum Gasteiger partial charge on any atom is -0.392 e. The van der Waals surface area contributed by atoms with E-state index in [0.717, 1.165) is 23.8 Å². The smallest absolute Gasteiger partial charge is 0.245 e. The van der Waals surface area contributed by atoms with Crippen molar-refractivity contribution >= 4 is 20.9 Å². The van der Waals surface area contributed by atoms with E-state index in [0.29, 0.717) is 18.5 Å². The third-order valence-electron chi connectivity index (χ3n) is 4.45. The number of sulfonamides is 1. The van der Waals surface area contributed by atoms with Crippen LogP contribution in [0.4, 0.5) is 0 Å². The number of aliphatic hydroxyl groups excluding tert-OH is 1. The molecule has 1 saturated heterocycles. The van der Waals surface area contributed by atoms with Gasteiger partial charge in [0.1, 0.15) is 4.90 Å². The highest BCUT2D eigenvalue weighted by Gasteiger charge is 2.36. The Morgan fingerprint density at radius 1 is 1.35 bits per heavy atom. The highest BCUT2D eigenvalue weighted by atomic mass is 32.2. The summed E-state index contributed by atoms with van der Waals surface area (Å²) in [4.78, 5) is 4.57. The highest BCUT2D eigenvalue weighted by molar-refractivity contribution is 7.89. The van der Waals surface area contributed by atoms with Gasteiger partial charge in [0, 0.05) is 18.1 Å². The van der Waals surface area contributed by atoms with Crippen molar-refractivity contribution in [2.75, 3.05) is 6.54 Å². The Labute approximate surface area is 137 Å². The van der Waals surface area contributed by atoms with Crippen LogP contribution >= 0.6 is 0 Å². The van der Waals surface area contributed by atoms with Crippen LogP contribution in [-0.2, 0) is 10.0 Å². The number of fused-ring (bicyclic) bond motifs is 1. The van der Waals surface area contributed by atoms with Gasteiger partial charge in [-0.1, -0.05) is 18.6 Å². The zero-order chi connectivity index (χ0) is 16.6. The number of pyridine rings is 1. The van der Waals surface area contributed by atoms with Gasteiger partial charge in [0.2, 0.25) is 10.0 Å². The lowest BCUT2D eigenvalue weighted by atomic mass is 10.0. The summed E-state index contributed by atoms with van der Waals surface area (Å²) < 4.78 is 27.8. The Bertz CT molecular complexity index is 818. The molecule has 2 unspecified atom stereocenters. The second kappa shape index (κ2) is 6.19. The van der Waals surface area contributed by atoms with Crippen molar-refractivity contribution in [3.05, 3.63) is 36.0 Å². The molecule has 0 spiro atoms. The predicted octanol–water partition coefficient (Wildman–Crippen LogP) is 2.47. The molecule has 1 N–H and O–H groups in total. The minimum absolute atomic E-state index is 0.225. The molecule has 0 aliphatic carbocycles. The summed E-state index contributed by atoms with van der Waals surface area (Å²) in [6, 6.07) is 6.79. The van der Waals surface area contributed by atoms with Crippen LogP contribution in [0.3, 0.4) is 0 Å². The number of aromatic nitrogens is 1. The average molecular weight is 334 g/mol. The Kier molecular flexibility index (Phi) is 4.40. The van der Waals surface area contributed by atoms with Gasteiger partial charge < -0.3 is 5.11 Å². The lowest BCUT2D eigenvalue weighted by molar-refractivity contribution is 0.0831. The number of nitrogens with zero attached hydrogens (tertiary/aromatic N) is 2. The Balaban J connectivity index is 2.12. The van der Waals surface area contributed by atoms with Crippen LogP contribution in [0.15, 0.2) is 35.4 Å². The van der Waals surface area contributed by atoms with Crippen LogP contribution in [0, 0.1) is 6.92 Å². The Morgan fingerprint density at radius 3 is 2.87 bits per heavy atom. The summed E-state index contributed by atoms with van der Waals surface area (Å²) in [7, 11) is -3.68. The topological polar surface area (TPSA) is 70.5 Å². The molecule has 2 aromatic rings. The first kappa shape index (κ1) is 16.4. The van der Waals surface area contributed by atoms with Gasteiger partial charge in [0.15, 0.2) is 0 Å². The van der Waals surface area contributed by atoms with Crippen LogP contribution in [0.25, 0.3) is 10.9 Å². The van der Waals surface area contributed by atoms with Gasteiger partial charge in [0.05, 0.1) is 17.7 Å². The van der Waals surface area contributed by atoms with Crippen LogP contribution in [0.1, 0.15) is 31.7 Å². The first-order chi connectivity index (χ1) is 10.9. The molecule has 2 heterocycles. The third kappa shape index (κ3) is 2.98. The molecule has 0 amide bonds. The molecule has 1 aromatic heterocycles. The number of hydrogen-bond donors (Lipinski definition) is 1. The summed E-state index contributed by atoms with van der Waals surface area (Å²) in [6.07, 6.45) is 3.45. The molecule has 6 heteroatoms. The van der Waals surface area contributed by atoms with E-state index in [1.165, 1.54) is 4.31 Å². The lowest BCUT2D eigenvalue weighted by Crippen LogP contribution is -2.48. The molecule has 23 heavy (non-hydrogen) atoms. The summed E-state index contributed by atoms with van der Waals surface area (Å²) in [5, 5.41) is 10.8. The molecule has 1 aromatic carbocycles.